The van der Waals surface area contributed by atoms with Crippen LogP contribution >= 0.6 is 0 Å². The summed E-state index contributed by atoms with van der Waals surface area (Å²) >= 11 is 0. The predicted molar refractivity (Wildman–Crippen MR) is 86.8 cm³/mol. The van der Waals surface area contributed by atoms with Crippen LogP contribution in [0.1, 0.15) is 45.9 Å². The van der Waals surface area contributed by atoms with Crippen molar-refractivity contribution in [3.8, 4) is 0 Å². The third-order valence-electron chi connectivity index (χ3n) is 3.80. The third kappa shape index (κ3) is 3.37. The lowest BCUT2D eigenvalue weighted by Crippen LogP contribution is -2.14. The number of nitrogens with one attached hydrogen (secondary N) is 1. The maximum absolute atomic E-state index is 13.2. The Labute approximate surface area is 145 Å². The average molecular weight is 366 g/mol. The number of anilines is 1. The molecule has 3 rings (SSSR count). The second-order valence-electron chi connectivity index (χ2n) is 5.78. The number of benzene rings is 1. The minimum atomic E-state index is -3.05. The molecule has 0 spiro atoms. The molecule has 5 nitrogen and oxygen atoms in total. The van der Waals surface area contributed by atoms with Crippen molar-refractivity contribution in [2.24, 2.45) is 0 Å². The van der Waals surface area contributed by atoms with Gasteiger partial charge in [-0.25, -0.2) is 27.1 Å². The molecule has 0 radical (unpaired) electrons. The summed E-state index contributed by atoms with van der Waals surface area (Å²) in [4.78, 5) is 16.0. The lowest BCUT2D eigenvalue weighted by Gasteiger charge is -2.08. The van der Waals surface area contributed by atoms with Crippen LogP contribution in [0.4, 0.5) is 23.2 Å². The fourth-order valence-corrected chi connectivity index (χ4v) is 2.45. The Morgan fingerprint density at radius 2 is 1.81 bits per heavy atom. The van der Waals surface area contributed by atoms with Crippen LogP contribution in [-0.2, 0) is 0 Å². The highest BCUT2D eigenvalue weighted by atomic mass is 19.3. The molecule has 0 fully saturated rings. The summed E-state index contributed by atoms with van der Waals surface area (Å²) in [6.07, 6.45) is -6.06. The molecule has 0 aliphatic rings. The molecule has 2 heterocycles. The molecular weight excluding hydrogens is 352 g/mol. The van der Waals surface area contributed by atoms with Crippen molar-refractivity contribution < 1.29 is 22.4 Å². The van der Waals surface area contributed by atoms with E-state index in [0.29, 0.717) is 16.3 Å². The molecule has 0 unspecified atom stereocenters. The smallest absolute Gasteiger partial charge is 0.280 e. The number of nitrogens with zero attached hydrogens (tertiary/aromatic N) is 3. The maximum atomic E-state index is 13.2. The van der Waals surface area contributed by atoms with Gasteiger partial charge in [-0.1, -0.05) is 12.1 Å². The van der Waals surface area contributed by atoms with Crippen LogP contribution in [0.5, 0.6) is 0 Å². The molecule has 136 valence electrons. The number of aromatic nitrogens is 3. The topological polar surface area (TPSA) is 59.3 Å². The van der Waals surface area contributed by atoms with Gasteiger partial charge < -0.3 is 5.32 Å². The molecule has 1 N–H and O–H groups in total. The average Bonchev–Trinajstić information content (AvgIpc) is 3.01. The third-order valence-corrected chi connectivity index (χ3v) is 3.80. The van der Waals surface area contributed by atoms with E-state index in [-0.39, 0.29) is 11.3 Å². The van der Waals surface area contributed by atoms with Gasteiger partial charge in [0.05, 0.1) is 0 Å². The molecule has 1 aromatic carbocycles. The highest BCUT2D eigenvalue weighted by Gasteiger charge is 2.22. The number of alkyl halides is 4. The van der Waals surface area contributed by atoms with Gasteiger partial charge >= 0.3 is 0 Å². The van der Waals surface area contributed by atoms with Crippen molar-refractivity contribution in [1.29, 1.82) is 0 Å². The molecule has 1 amide bonds. The van der Waals surface area contributed by atoms with Crippen LogP contribution < -0.4 is 5.32 Å². The summed E-state index contributed by atoms with van der Waals surface area (Å²) in [5.74, 6) is -0.650. The second-order valence-corrected chi connectivity index (χ2v) is 5.78. The number of hydrogen-bond acceptors (Lipinski definition) is 3. The first kappa shape index (κ1) is 17.8. The summed E-state index contributed by atoms with van der Waals surface area (Å²) in [6, 6.07) is 7.13. The normalized spacial score (nSPS) is 11.5. The van der Waals surface area contributed by atoms with Gasteiger partial charge in [-0.05, 0) is 37.1 Å². The maximum Gasteiger partial charge on any atom is 0.280 e. The largest absolute Gasteiger partial charge is 0.320 e. The van der Waals surface area contributed by atoms with Gasteiger partial charge in [-0.3, -0.25) is 4.79 Å². The minimum absolute atomic E-state index is 0.202. The van der Waals surface area contributed by atoms with E-state index in [0.717, 1.165) is 17.2 Å². The van der Waals surface area contributed by atoms with Gasteiger partial charge in [0, 0.05) is 11.8 Å². The molecule has 0 aliphatic heterocycles. The Bertz CT molecular complexity index is 984. The molecule has 26 heavy (non-hydrogen) atoms. The number of halogens is 4. The summed E-state index contributed by atoms with van der Waals surface area (Å²) in [7, 11) is 0. The zero-order chi connectivity index (χ0) is 19.0. The quantitative estimate of drug-likeness (QED) is 0.693. The van der Waals surface area contributed by atoms with Gasteiger partial charge in [-0.2, -0.15) is 5.10 Å². The van der Waals surface area contributed by atoms with E-state index in [9.17, 15) is 22.4 Å². The first-order valence-electron chi connectivity index (χ1n) is 7.62. The Hall–Kier alpha value is -2.97. The summed E-state index contributed by atoms with van der Waals surface area (Å²) in [5, 5.41) is 6.44. The predicted octanol–water partition coefficient (Wildman–Crippen LogP) is 4.47. The zero-order valence-electron chi connectivity index (χ0n) is 13.8. The lowest BCUT2D eigenvalue weighted by molar-refractivity contribution is 0.102. The molecule has 0 saturated heterocycles. The number of amides is 1. The molecule has 0 aliphatic carbocycles. The molecular formula is C17H14F4N4O. The van der Waals surface area contributed by atoms with Crippen molar-refractivity contribution >= 4 is 17.2 Å². The van der Waals surface area contributed by atoms with Crippen LogP contribution in [-0.4, -0.2) is 20.5 Å². The van der Waals surface area contributed by atoms with Crippen molar-refractivity contribution in [3.05, 3.63) is 58.5 Å². The molecule has 9 heteroatoms. The first-order valence-corrected chi connectivity index (χ1v) is 7.62. The van der Waals surface area contributed by atoms with E-state index in [4.69, 9.17) is 0 Å². The van der Waals surface area contributed by atoms with E-state index < -0.39 is 30.1 Å². The second kappa shape index (κ2) is 6.74. The number of hydrogen-bond donors (Lipinski definition) is 1. The van der Waals surface area contributed by atoms with Crippen LogP contribution in [0.3, 0.4) is 0 Å². The van der Waals surface area contributed by atoms with E-state index in [1.54, 1.807) is 13.0 Å². The zero-order valence-corrected chi connectivity index (χ0v) is 13.8. The SMILES string of the molecule is Cc1ccc(C)c(NC(=O)c2cc3nc(C(F)F)cc(C(F)F)n3n2)c1. The van der Waals surface area contributed by atoms with Crippen molar-refractivity contribution in [2.75, 3.05) is 5.32 Å². The summed E-state index contributed by atoms with van der Waals surface area (Å²) < 4.78 is 52.7. The Morgan fingerprint density at radius 3 is 2.46 bits per heavy atom. The fourth-order valence-electron chi connectivity index (χ4n) is 2.45. The lowest BCUT2D eigenvalue weighted by atomic mass is 10.1. The highest BCUT2D eigenvalue weighted by molar-refractivity contribution is 6.03. The van der Waals surface area contributed by atoms with Gasteiger partial charge in [0.15, 0.2) is 11.3 Å². The molecule has 0 saturated carbocycles. The van der Waals surface area contributed by atoms with Crippen LogP contribution in [0.25, 0.3) is 5.65 Å². The summed E-state index contributed by atoms with van der Waals surface area (Å²) in [6.45, 7) is 3.65. The van der Waals surface area contributed by atoms with Crippen LogP contribution in [0.15, 0.2) is 30.3 Å². The van der Waals surface area contributed by atoms with Crippen molar-refractivity contribution in [3.63, 3.8) is 0 Å². The van der Waals surface area contributed by atoms with Gasteiger partial charge in [0.2, 0.25) is 0 Å². The monoisotopic (exact) mass is 366 g/mol. The molecule has 0 bridgehead atoms. The minimum Gasteiger partial charge on any atom is -0.320 e. The van der Waals surface area contributed by atoms with Gasteiger partial charge in [-0.15, -0.1) is 0 Å². The van der Waals surface area contributed by atoms with E-state index in [1.165, 1.54) is 0 Å². The Kier molecular flexibility index (Phi) is 4.62. The van der Waals surface area contributed by atoms with E-state index in [1.807, 2.05) is 19.1 Å². The van der Waals surface area contributed by atoms with E-state index >= 15 is 0 Å². The number of carbonyl (C=O) groups is 1. The molecule has 2 aromatic heterocycles. The van der Waals surface area contributed by atoms with Crippen molar-refractivity contribution in [2.45, 2.75) is 26.7 Å². The number of aryl methyl sites for hydroxylation is 2. The van der Waals surface area contributed by atoms with Crippen LogP contribution in [0, 0.1) is 13.8 Å². The Morgan fingerprint density at radius 1 is 1.08 bits per heavy atom. The standard InChI is InChI=1S/C17H14F4N4O/c1-8-3-4-9(2)10(5-8)23-17(26)12-7-14-22-11(15(18)19)6-13(16(20)21)25(14)24-12/h3-7,15-16H,1-2H3,(H,23,26). The van der Waals surface area contributed by atoms with Crippen molar-refractivity contribution in [1.82, 2.24) is 14.6 Å². The Balaban J connectivity index is 2.01. The highest BCUT2D eigenvalue weighted by Crippen LogP contribution is 2.25. The molecule has 3 aromatic rings. The van der Waals surface area contributed by atoms with E-state index in [2.05, 4.69) is 15.4 Å². The number of fused-ring (bicyclic) bond motifs is 1. The fraction of sp³-hybridized carbons (Fsp3) is 0.235. The van der Waals surface area contributed by atoms with Gasteiger partial charge in [0.25, 0.3) is 18.8 Å². The molecule has 0 atom stereocenters. The first-order chi connectivity index (χ1) is 12.3. The van der Waals surface area contributed by atoms with Gasteiger partial charge in [0.1, 0.15) is 11.4 Å². The number of carbonyl (C=O) groups excluding carboxylic acids is 1. The number of rotatable bonds is 4. The summed E-state index contributed by atoms with van der Waals surface area (Å²) in [5.41, 5.74) is 0.270. The van der Waals surface area contributed by atoms with Crippen LogP contribution in [0.2, 0.25) is 0 Å².